The molecule has 0 aliphatic heterocycles. The predicted molar refractivity (Wildman–Crippen MR) is 119 cm³/mol. The van der Waals surface area contributed by atoms with Crippen molar-refractivity contribution < 1.29 is 38.1 Å². The third kappa shape index (κ3) is 9.24. The van der Waals surface area contributed by atoms with E-state index >= 15 is 0 Å². The molecule has 0 atom stereocenters. The van der Waals surface area contributed by atoms with Crippen molar-refractivity contribution in [1.29, 1.82) is 0 Å². The summed E-state index contributed by atoms with van der Waals surface area (Å²) >= 11 is 0. The van der Waals surface area contributed by atoms with E-state index in [-0.39, 0.29) is 13.2 Å². The summed E-state index contributed by atoms with van der Waals surface area (Å²) in [4.78, 5) is 46.6. The van der Waals surface area contributed by atoms with Crippen LogP contribution in [0, 0.1) is 0 Å². The van der Waals surface area contributed by atoms with Gasteiger partial charge in [-0.2, -0.15) is 0 Å². The van der Waals surface area contributed by atoms with E-state index in [0.29, 0.717) is 54.6 Å². The molecule has 0 spiro atoms. The fourth-order valence-corrected chi connectivity index (χ4v) is 2.74. The molecule has 0 aromatic heterocycles. The quantitative estimate of drug-likeness (QED) is 0.183. The Morgan fingerprint density at radius 2 is 0.939 bits per heavy atom. The molecule has 0 fully saturated rings. The summed E-state index contributed by atoms with van der Waals surface area (Å²) in [5, 5.41) is 0. The normalized spacial score (nSPS) is 10.3. The Labute approximate surface area is 192 Å². The third-order valence-corrected chi connectivity index (χ3v) is 4.62. The van der Waals surface area contributed by atoms with Gasteiger partial charge in [-0.3, -0.25) is 4.79 Å². The topological polar surface area (TPSA) is 105 Å². The van der Waals surface area contributed by atoms with E-state index in [9.17, 15) is 19.2 Å². The number of esters is 3. The van der Waals surface area contributed by atoms with E-state index in [0.717, 1.165) is 12.8 Å². The van der Waals surface area contributed by atoms with Crippen LogP contribution in [0.3, 0.4) is 0 Å². The van der Waals surface area contributed by atoms with Gasteiger partial charge in [0.05, 0.1) is 36.5 Å². The largest absolute Gasteiger partial charge is 0.462 e. The number of methoxy groups -OCH3 is 1. The number of unbranched alkanes of at least 4 members (excludes halogenated alkanes) is 2. The maximum Gasteiger partial charge on any atom is 0.338 e. The van der Waals surface area contributed by atoms with Crippen LogP contribution in [0.5, 0.6) is 0 Å². The van der Waals surface area contributed by atoms with Gasteiger partial charge in [-0.25, -0.2) is 14.4 Å². The van der Waals surface area contributed by atoms with Crippen LogP contribution < -0.4 is 0 Å². The van der Waals surface area contributed by atoms with Crippen LogP contribution in [-0.2, 0) is 18.9 Å². The van der Waals surface area contributed by atoms with Gasteiger partial charge in [0.1, 0.15) is 6.29 Å². The lowest BCUT2D eigenvalue weighted by Gasteiger charge is -2.07. The van der Waals surface area contributed by atoms with Gasteiger partial charge in [-0.05, 0) is 62.1 Å². The van der Waals surface area contributed by atoms with Crippen LogP contribution in [0.25, 0.3) is 0 Å². The Kier molecular flexibility index (Phi) is 11.3. The Balaban J connectivity index is 1.62. The van der Waals surface area contributed by atoms with Gasteiger partial charge < -0.3 is 18.9 Å². The van der Waals surface area contributed by atoms with Crippen LogP contribution in [0.2, 0.25) is 0 Å². The molecule has 0 amide bonds. The molecule has 0 aliphatic rings. The lowest BCUT2D eigenvalue weighted by Crippen LogP contribution is -2.10. The molecule has 2 aromatic carbocycles. The summed E-state index contributed by atoms with van der Waals surface area (Å²) in [5.41, 5.74) is 1.54. The number of benzene rings is 2. The van der Waals surface area contributed by atoms with Gasteiger partial charge >= 0.3 is 17.9 Å². The monoisotopic (exact) mass is 456 g/mol. The summed E-state index contributed by atoms with van der Waals surface area (Å²) in [7, 11) is 1.62. The number of carbonyl (C=O) groups is 4. The smallest absolute Gasteiger partial charge is 0.338 e. The first-order valence-electron chi connectivity index (χ1n) is 10.7. The van der Waals surface area contributed by atoms with Crippen molar-refractivity contribution in [3.63, 3.8) is 0 Å². The second-order valence-corrected chi connectivity index (χ2v) is 7.13. The lowest BCUT2D eigenvalue weighted by atomic mass is 10.1. The van der Waals surface area contributed by atoms with Crippen molar-refractivity contribution in [3.05, 3.63) is 70.8 Å². The van der Waals surface area contributed by atoms with Crippen LogP contribution in [-0.4, -0.2) is 57.7 Å². The van der Waals surface area contributed by atoms with E-state index in [2.05, 4.69) is 0 Å². The number of carbonyl (C=O) groups excluding carboxylic acids is 4. The zero-order valence-electron chi connectivity index (χ0n) is 18.6. The third-order valence-electron chi connectivity index (χ3n) is 4.62. The molecule has 0 saturated heterocycles. The number of aldehydes is 1. The molecule has 0 bridgehead atoms. The van der Waals surface area contributed by atoms with Crippen molar-refractivity contribution in [2.24, 2.45) is 0 Å². The van der Waals surface area contributed by atoms with E-state index in [1.54, 1.807) is 19.2 Å². The van der Waals surface area contributed by atoms with Crippen molar-refractivity contribution in [2.45, 2.75) is 25.7 Å². The summed E-state index contributed by atoms with van der Waals surface area (Å²) in [6.07, 6.45) is 3.29. The van der Waals surface area contributed by atoms with Gasteiger partial charge in [0.15, 0.2) is 0 Å². The van der Waals surface area contributed by atoms with E-state index < -0.39 is 17.9 Å². The highest BCUT2D eigenvalue weighted by Crippen LogP contribution is 2.09. The van der Waals surface area contributed by atoms with Crippen molar-refractivity contribution in [3.8, 4) is 0 Å². The van der Waals surface area contributed by atoms with Gasteiger partial charge in [0.2, 0.25) is 0 Å². The molecule has 2 aromatic rings. The second-order valence-electron chi connectivity index (χ2n) is 7.13. The molecule has 0 radical (unpaired) electrons. The summed E-state index contributed by atoms with van der Waals surface area (Å²) in [6.45, 7) is 1.30. The minimum atomic E-state index is -0.498. The molecule has 33 heavy (non-hydrogen) atoms. The molecule has 0 saturated carbocycles. The van der Waals surface area contributed by atoms with Gasteiger partial charge in [0.25, 0.3) is 0 Å². The summed E-state index contributed by atoms with van der Waals surface area (Å²) in [6, 6.07) is 12.2. The molecule has 0 unspecified atom stereocenters. The molecule has 0 N–H and O–H groups in total. The first-order chi connectivity index (χ1) is 16.0. The van der Waals surface area contributed by atoms with Crippen LogP contribution in [0.4, 0.5) is 0 Å². The number of hydrogen-bond acceptors (Lipinski definition) is 8. The molecule has 0 aliphatic carbocycles. The Morgan fingerprint density at radius 3 is 1.27 bits per heavy atom. The molecule has 2 rings (SSSR count). The lowest BCUT2D eigenvalue weighted by molar-refractivity contribution is 0.0432. The predicted octanol–water partition coefficient (Wildman–Crippen LogP) is 3.88. The second kappa shape index (κ2) is 14.5. The molecule has 176 valence electrons. The van der Waals surface area contributed by atoms with Gasteiger partial charge in [0, 0.05) is 19.3 Å². The summed E-state index contributed by atoms with van der Waals surface area (Å²) < 4.78 is 20.5. The fourth-order valence-electron chi connectivity index (χ4n) is 2.74. The Hall–Kier alpha value is -3.52. The minimum absolute atomic E-state index is 0.176. The fraction of sp³-hybridized carbons (Fsp3) is 0.360. The van der Waals surface area contributed by atoms with E-state index in [1.165, 1.54) is 36.4 Å². The zero-order chi connectivity index (χ0) is 23.9. The van der Waals surface area contributed by atoms with E-state index in [4.69, 9.17) is 18.9 Å². The summed E-state index contributed by atoms with van der Waals surface area (Å²) in [5.74, 6) is -1.42. The van der Waals surface area contributed by atoms with E-state index in [1.807, 2.05) is 0 Å². The SMILES string of the molecule is COCCCCOC(=O)c1ccc(C(=O)OCCCCOC(=O)c2ccc(C=O)cc2)cc1. The van der Waals surface area contributed by atoms with Crippen LogP contribution >= 0.6 is 0 Å². The highest BCUT2D eigenvalue weighted by atomic mass is 16.5. The van der Waals surface area contributed by atoms with Crippen molar-refractivity contribution in [2.75, 3.05) is 33.5 Å². The highest BCUT2D eigenvalue weighted by molar-refractivity contribution is 5.93. The number of hydrogen-bond donors (Lipinski definition) is 0. The Bertz CT molecular complexity index is 903. The molecule has 0 heterocycles. The molecule has 8 heteroatoms. The highest BCUT2D eigenvalue weighted by Gasteiger charge is 2.11. The molecular formula is C25H28O8. The maximum absolute atomic E-state index is 12.1. The molecule has 8 nitrogen and oxygen atoms in total. The zero-order valence-corrected chi connectivity index (χ0v) is 18.6. The maximum atomic E-state index is 12.1. The van der Waals surface area contributed by atoms with Gasteiger partial charge in [-0.1, -0.05) is 12.1 Å². The average Bonchev–Trinajstić information content (AvgIpc) is 2.85. The van der Waals surface area contributed by atoms with Gasteiger partial charge in [-0.15, -0.1) is 0 Å². The van der Waals surface area contributed by atoms with Crippen LogP contribution in [0.1, 0.15) is 67.1 Å². The first kappa shape index (κ1) is 25.7. The van der Waals surface area contributed by atoms with Crippen molar-refractivity contribution in [1.82, 2.24) is 0 Å². The standard InChI is InChI=1S/C25H28O8/c1-30-14-2-3-15-31-24(28)21-10-12-22(13-11-21)25(29)33-17-5-4-16-32-23(27)20-8-6-19(18-26)7-9-20/h6-13,18H,2-5,14-17H2,1H3. The number of rotatable bonds is 14. The van der Waals surface area contributed by atoms with Crippen LogP contribution in [0.15, 0.2) is 48.5 Å². The Morgan fingerprint density at radius 1 is 0.606 bits per heavy atom. The average molecular weight is 456 g/mol. The number of ether oxygens (including phenoxy) is 4. The van der Waals surface area contributed by atoms with Crippen molar-refractivity contribution >= 4 is 24.2 Å². The first-order valence-corrected chi connectivity index (χ1v) is 10.7. The minimum Gasteiger partial charge on any atom is -0.462 e. The molecular weight excluding hydrogens is 428 g/mol.